The van der Waals surface area contributed by atoms with E-state index in [0.717, 1.165) is 16.9 Å². The van der Waals surface area contributed by atoms with E-state index in [1.54, 1.807) is 4.68 Å². The standard InChI is InChI=1S/C12H14N4O2/c1-8-9(2)15-16(10-6-4-3-5-7-10)11(8)13-14-12(17)18/h3-7,13-14H,1-2H3,(H,17,18). The van der Waals surface area contributed by atoms with E-state index in [1.165, 1.54) is 0 Å². The highest BCUT2D eigenvalue weighted by Gasteiger charge is 2.13. The van der Waals surface area contributed by atoms with Gasteiger partial charge in [0.2, 0.25) is 0 Å². The lowest BCUT2D eigenvalue weighted by molar-refractivity contribution is 0.197. The second-order valence-corrected chi connectivity index (χ2v) is 3.86. The number of aryl methyl sites for hydroxylation is 1. The van der Waals surface area contributed by atoms with E-state index < -0.39 is 6.09 Å². The van der Waals surface area contributed by atoms with Gasteiger partial charge in [-0.15, -0.1) is 0 Å². The number of para-hydroxylation sites is 1. The number of amides is 1. The summed E-state index contributed by atoms with van der Waals surface area (Å²) in [6, 6.07) is 9.51. The van der Waals surface area contributed by atoms with Gasteiger partial charge in [-0.25, -0.2) is 14.9 Å². The monoisotopic (exact) mass is 246 g/mol. The molecule has 6 nitrogen and oxygen atoms in total. The van der Waals surface area contributed by atoms with Crippen molar-refractivity contribution in [2.45, 2.75) is 13.8 Å². The number of benzene rings is 1. The zero-order chi connectivity index (χ0) is 13.1. The molecule has 0 fully saturated rings. The molecule has 1 aromatic carbocycles. The molecule has 1 heterocycles. The van der Waals surface area contributed by atoms with E-state index in [0.29, 0.717) is 5.82 Å². The van der Waals surface area contributed by atoms with Crippen molar-refractivity contribution in [3.05, 3.63) is 41.6 Å². The van der Waals surface area contributed by atoms with Gasteiger partial charge in [-0.05, 0) is 26.0 Å². The quantitative estimate of drug-likeness (QED) is 0.724. The summed E-state index contributed by atoms with van der Waals surface area (Å²) in [6.45, 7) is 3.76. The van der Waals surface area contributed by atoms with E-state index in [4.69, 9.17) is 5.11 Å². The SMILES string of the molecule is Cc1nn(-c2ccccc2)c(NNC(=O)O)c1C. The average Bonchev–Trinajstić information content (AvgIpc) is 2.64. The number of hydrogen-bond acceptors (Lipinski definition) is 3. The van der Waals surface area contributed by atoms with Gasteiger partial charge in [0.05, 0.1) is 11.4 Å². The number of aromatic nitrogens is 2. The Morgan fingerprint density at radius 1 is 1.28 bits per heavy atom. The Morgan fingerprint density at radius 2 is 1.94 bits per heavy atom. The molecule has 2 aromatic rings. The lowest BCUT2D eigenvalue weighted by Gasteiger charge is -2.10. The second kappa shape index (κ2) is 4.79. The largest absolute Gasteiger partial charge is 0.464 e. The molecule has 94 valence electrons. The van der Waals surface area contributed by atoms with Crippen LogP contribution >= 0.6 is 0 Å². The van der Waals surface area contributed by atoms with Crippen molar-refractivity contribution in [2.24, 2.45) is 0 Å². The first-order chi connectivity index (χ1) is 8.59. The molecule has 3 N–H and O–H groups in total. The van der Waals surface area contributed by atoms with Gasteiger partial charge in [0.25, 0.3) is 0 Å². The third-order valence-electron chi connectivity index (χ3n) is 2.65. The summed E-state index contributed by atoms with van der Waals surface area (Å²) in [5.41, 5.74) is 7.38. The van der Waals surface area contributed by atoms with Gasteiger partial charge in [0.1, 0.15) is 0 Å². The highest BCUT2D eigenvalue weighted by atomic mass is 16.4. The fraction of sp³-hybridized carbons (Fsp3) is 0.167. The molecule has 2 rings (SSSR count). The van der Waals surface area contributed by atoms with Crippen LogP contribution in [0.1, 0.15) is 11.3 Å². The number of carbonyl (C=O) groups is 1. The third kappa shape index (κ3) is 2.27. The Kier molecular flexibility index (Phi) is 3.18. The summed E-state index contributed by atoms with van der Waals surface area (Å²) in [6.07, 6.45) is -1.15. The van der Waals surface area contributed by atoms with Gasteiger partial charge in [0, 0.05) is 5.56 Å². The lowest BCUT2D eigenvalue weighted by atomic mass is 10.3. The fourth-order valence-corrected chi connectivity index (χ4v) is 1.62. The Labute approximate surface area is 104 Å². The molecule has 0 saturated heterocycles. The maximum Gasteiger partial charge on any atom is 0.423 e. The maximum atomic E-state index is 10.5. The Morgan fingerprint density at radius 3 is 2.56 bits per heavy atom. The van der Waals surface area contributed by atoms with Crippen molar-refractivity contribution in [3.8, 4) is 5.69 Å². The van der Waals surface area contributed by atoms with Crippen LogP contribution in [0.4, 0.5) is 10.6 Å². The fourth-order valence-electron chi connectivity index (χ4n) is 1.62. The summed E-state index contributed by atoms with van der Waals surface area (Å²) < 4.78 is 1.67. The van der Waals surface area contributed by atoms with E-state index in [2.05, 4.69) is 16.0 Å². The molecule has 18 heavy (non-hydrogen) atoms. The Bertz CT molecular complexity index is 563. The van der Waals surface area contributed by atoms with Crippen LogP contribution in [0.3, 0.4) is 0 Å². The topological polar surface area (TPSA) is 79.2 Å². The molecule has 0 aliphatic carbocycles. The summed E-state index contributed by atoms with van der Waals surface area (Å²) in [4.78, 5) is 10.5. The van der Waals surface area contributed by atoms with Gasteiger partial charge in [-0.3, -0.25) is 5.43 Å². The number of hydrazine groups is 1. The molecular formula is C12H14N4O2. The highest BCUT2D eigenvalue weighted by molar-refractivity contribution is 5.67. The molecule has 0 saturated carbocycles. The van der Waals surface area contributed by atoms with Crippen LogP contribution in [-0.4, -0.2) is 21.0 Å². The van der Waals surface area contributed by atoms with Gasteiger partial charge < -0.3 is 5.11 Å². The predicted molar refractivity (Wildman–Crippen MR) is 67.8 cm³/mol. The molecule has 0 radical (unpaired) electrons. The Balaban J connectivity index is 2.41. The minimum Gasteiger partial charge on any atom is -0.464 e. The summed E-state index contributed by atoms with van der Waals surface area (Å²) in [7, 11) is 0. The summed E-state index contributed by atoms with van der Waals surface area (Å²) in [5, 5.41) is 13.0. The number of anilines is 1. The van der Waals surface area contributed by atoms with Gasteiger partial charge in [-0.1, -0.05) is 18.2 Å². The zero-order valence-electron chi connectivity index (χ0n) is 10.1. The highest BCUT2D eigenvalue weighted by Crippen LogP contribution is 2.21. The van der Waals surface area contributed by atoms with Crippen LogP contribution in [0.5, 0.6) is 0 Å². The molecule has 1 amide bonds. The van der Waals surface area contributed by atoms with E-state index >= 15 is 0 Å². The van der Waals surface area contributed by atoms with Crippen LogP contribution in [0.15, 0.2) is 30.3 Å². The molecule has 0 unspecified atom stereocenters. The van der Waals surface area contributed by atoms with Crippen LogP contribution in [0, 0.1) is 13.8 Å². The summed E-state index contributed by atoms with van der Waals surface area (Å²) >= 11 is 0. The van der Waals surface area contributed by atoms with Crippen molar-refractivity contribution < 1.29 is 9.90 Å². The van der Waals surface area contributed by atoms with E-state index in [1.807, 2.05) is 44.2 Å². The van der Waals surface area contributed by atoms with Crippen LogP contribution < -0.4 is 10.9 Å². The van der Waals surface area contributed by atoms with Gasteiger partial charge in [-0.2, -0.15) is 5.10 Å². The van der Waals surface area contributed by atoms with Crippen LogP contribution in [0.2, 0.25) is 0 Å². The number of nitrogens with one attached hydrogen (secondary N) is 2. The van der Waals surface area contributed by atoms with Crippen LogP contribution in [0.25, 0.3) is 5.69 Å². The summed E-state index contributed by atoms with van der Waals surface area (Å²) in [5.74, 6) is 0.612. The molecular weight excluding hydrogens is 232 g/mol. The predicted octanol–water partition coefficient (Wildman–Crippen LogP) is 2.08. The van der Waals surface area contributed by atoms with Crippen molar-refractivity contribution in [1.82, 2.24) is 15.2 Å². The number of rotatable bonds is 3. The van der Waals surface area contributed by atoms with Crippen LogP contribution in [-0.2, 0) is 0 Å². The van der Waals surface area contributed by atoms with Gasteiger partial charge >= 0.3 is 6.09 Å². The number of nitrogens with zero attached hydrogens (tertiary/aromatic N) is 2. The normalized spacial score (nSPS) is 10.1. The molecule has 0 atom stereocenters. The van der Waals surface area contributed by atoms with Gasteiger partial charge in [0.15, 0.2) is 5.82 Å². The molecule has 0 spiro atoms. The van der Waals surface area contributed by atoms with E-state index in [9.17, 15) is 4.79 Å². The average molecular weight is 246 g/mol. The van der Waals surface area contributed by atoms with Crippen molar-refractivity contribution in [2.75, 3.05) is 5.43 Å². The third-order valence-corrected chi connectivity index (χ3v) is 2.65. The minimum absolute atomic E-state index is 0.612. The molecule has 0 bridgehead atoms. The Hall–Kier alpha value is -2.50. The van der Waals surface area contributed by atoms with Crippen molar-refractivity contribution >= 4 is 11.9 Å². The lowest BCUT2D eigenvalue weighted by Crippen LogP contribution is -2.29. The molecule has 6 heteroatoms. The zero-order valence-corrected chi connectivity index (χ0v) is 10.1. The number of hydrogen-bond donors (Lipinski definition) is 3. The first kappa shape index (κ1) is 12.0. The van der Waals surface area contributed by atoms with Crippen molar-refractivity contribution in [3.63, 3.8) is 0 Å². The number of carboxylic acid groups (broad SMARTS) is 1. The van der Waals surface area contributed by atoms with E-state index in [-0.39, 0.29) is 0 Å². The second-order valence-electron chi connectivity index (χ2n) is 3.86. The first-order valence-corrected chi connectivity index (χ1v) is 5.46. The smallest absolute Gasteiger partial charge is 0.423 e. The molecule has 0 aliphatic heterocycles. The molecule has 0 aliphatic rings. The molecule has 1 aromatic heterocycles. The van der Waals surface area contributed by atoms with Crippen molar-refractivity contribution in [1.29, 1.82) is 0 Å². The maximum absolute atomic E-state index is 10.5. The first-order valence-electron chi connectivity index (χ1n) is 5.46. The minimum atomic E-state index is -1.15.